The van der Waals surface area contributed by atoms with Crippen LogP contribution in [-0.4, -0.2) is 34.2 Å². The van der Waals surface area contributed by atoms with E-state index in [1.54, 1.807) is 10.7 Å². The topological polar surface area (TPSA) is 64.2 Å². The van der Waals surface area contributed by atoms with Crippen LogP contribution in [0, 0.1) is 6.92 Å². The van der Waals surface area contributed by atoms with E-state index in [0.717, 1.165) is 37.3 Å². The molecular weight excluding hydrogens is 408 g/mol. The summed E-state index contributed by atoms with van der Waals surface area (Å²) in [5.41, 5.74) is 15.4. The van der Waals surface area contributed by atoms with Gasteiger partial charge in [-0.15, -0.1) is 0 Å². The minimum atomic E-state index is -0.514. The Hall–Kier alpha value is -3.70. The molecule has 1 aromatic heterocycles. The number of rotatable bonds is 5. The maximum absolute atomic E-state index is 11.4. The summed E-state index contributed by atoms with van der Waals surface area (Å²) in [7, 11) is 2.18. The number of benzene rings is 3. The Morgan fingerprint density at radius 2 is 1.58 bits per heavy atom. The molecule has 0 fully saturated rings. The largest absolute Gasteiger partial charge is 0.364 e. The third kappa shape index (κ3) is 4.45. The summed E-state index contributed by atoms with van der Waals surface area (Å²) in [6.45, 7) is 4.08. The molecule has 0 radical (unpaired) electrons. The minimum absolute atomic E-state index is 0.280. The number of carbonyl (C=O) groups excluding carboxylic acids is 1. The highest BCUT2D eigenvalue weighted by Gasteiger charge is 2.14. The van der Waals surface area contributed by atoms with E-state index in [-0.39, 0.29) is 5.69 Å². The third-order valence-corrected chi connectivity index (χ3v) is 6.43. The zero-order valence-electron chi connectivity index (χ0n) is 19.1. The number of nitrogens with zero attached hydrogens (tertiary/aromatic N) is 3. The normalized spacial score (nSPS) is 13.6. The average molecular weight is 437 g/mol. The Morgan fingerprint density at radius 1 is 0.909 bits per heavy atom. The minimum Gasteiger partial charge on any atom is -0.364 e. The van der Waals surface area contributed by atoms with Gasteiger partial charge in [-0.25, -0.2) is 4.68 Å². The lowest BCUT2D eigenvalue weighted by molar-refractivity contribution is 0.0995. The van der Waals surface area contributed by atoms with E-state index in [2.05, 4.69) is 71.6 Å². The summed E-state index contributed by atoms with van der Waals surface area (Å²) in [6, 6.07) is 25.7. The first-order valence-corrected chi connectivity index (χ1v) is 11.3. The van der Waals surface area contributed by atoms with Crippen LogP contribution in [-0.2, 0) is 19.4 Å². The smallest absolute Gasteiger partial charge is 0.269 e. The van der Waals surface area contributed by atoms with Gasteiger partial charge in [-0.2, -0.15) is 5.10 Å². The van der Waals surface area contributed by atoms with Crippen LogP contribution in [0.2, 0.25) is 0 Å². The second-order valence-corrected chi connectivity index (χ2v) is 8.96. The number of hydrogen-bond donors (Lipinski definition) is 1. The SMILES string of the molecule is Cc1cc(C(N)=O)nn1-c1ccc(Cc2ccc(-c3ccc4c(c3)CCN(C)C4)cc2)cc1. The highest BCUT2D eigenvalue weighted by Crippen LogP contribution is 2.27. The van der Waals surface area contributed by atoms with E-state index >= 15 is 0 Å². The van der Waals surface area contributed by atoms with Gasteiger partial charge in [-0.3, -0.25) is 4.79 Å². The van der Waals surface area contributed by atoms with Crippen LogP contribution in [0.3, 0.4) is 0 Å². The molecule has 4 aromatic rings. The van der Waals surface area contributed by atoms with Gasteiger partial charge in [0.2, 0.25) is 0 Å². The third-order valence-electron chi connectivity index (χ3n) is 6.43. The van der Waals surface area contributed by atoms with E-state index in [1.165, 1.54) is 33.4 Å². The summed E-state index contributed by atoms with van der Waals surface area (Å²) in [6.07, 6.45) is 1.98. The predicted molar refractivity (Wildman–Crippen MR) is 132 cm³/mol. The lowest BCUT2D eigenvalue weighted by Crippen LogP contribution is -2.26. The molecule has 0 spiro atoms. The summed E-state index contributed by atoms with van der Waals surface area (Å²) in [5.74, 6) is -0.514. The van der Waals surface area contributed by atoms with E-state index in [4.69, 9.17) is 5.73 Å². The van der Waals surface area contributed by atoms with Crippen molar-refractivity contribution in [2.24, 2.45) is 5.73 Å². The van der Waals surface area contributed by atoms with Crippen molar-refractivity contribution in [3.05, 3.63) is 106 Å². The lowest BCUT2D eigenvalue weighted by Gasteiger charge is -2.25. The highest BCUT2D eigenvalue weighted by atomic mass is 16.1. The van der Waals surface area contributed by atoms with Crippen molar-refractivity contribution < 1.29 is 4.79 Å². The van der Waals surface area contributed by atoms with Crippen molar-refractivity contribution in [1.82, 2.24) is 14.7 Å². The molecule has 0 saturated carbocycles. The number of nitrogens with two attached hydrogens (primary N) is 1. The van der Waals surface area contributed by atoms with Crippen LogP contribution in [0.25, 0.3) is 16.8 Å². The van der Waals surface area contributed by atoms with Gasteiger partial charge in [-0.1, -0.05) is 54.6 Å². The van der Waals surface area contributed by atoms with Crippen LogP contribution < -0.4 is 5.73 Å². The number of likely N-dealkylation sites (N-methyl/N-ethyl adjacent to an activating group) is 1. The van der Waals surface area contributed by atoms with Crippen LogP contribution in [0.15, 0.2) is 72.8 Å². The monoisotopic (exact) mass is 436 g/mol. The molecule has 166 valence electrons. The van der Waals surface area contributed by atoms with E-state index in [9.17, 15) is 4.79 Å². The molecule has 0 atom stereocenters. The molecule has 1 amide bonds. The van der Waals surface area contributed by atoms with Crippen molar-refractivity contribution in [2.75, 3.05) is 13.6 Å². The van der Waals surface area contributed by atoms with Gasteiger partial charge in [0.1, 0.15) is 0 Å². The fourth-order valence-electron chi connectivity index (χ4n) is 4.54. The number of aryl methyl sites for hydroxylation is 1. The molecule has 1 aliphatic rings. The first kappa shape index (κ1) is 21.2. The summed E-state index contributed by atoms with van der Waals surface area (Å²) in [5, 5.41) is 4.30. The molecule has 5 nitrogen and oxygen atoms in total. The molecule has 0 bridgehead atoms. The van der Waals surface area contributed by atoms with Gasteiger partial charge in [0.15, 0.2) is 5.69 Å². The molecule has 0 unspecified atom stereocenters. The fraction of sp³-hybridized carbons (Fsp3) is 0.214. The van der Waals surface area contributed by atoms with Gasteiger partial charge in [-0.05, 0) is 78.4 Å². The molecule has 0 saturated heterocycles. The van der Waals surface area contributed by atoms with Crippen LogP contribution in [0.5, 0.6) is 0 Å². The quantitative estimate of drug-likeness (QED) is 0.500. The first-order valence-electron chi connectivity index (χ1n) is 11.3. The summed E-state index contributed by atoms with van der Waals surface area (Å²) >= 11 is 0. The number of hydrogen-bond acceptors (Lipinski definition) is 3. The number of fused-ring (bicyclic) bond motifs is 1. The zero-order chi connectivity index (χ0) is 22.9. The standard InChI is InChI=1S/C28H28N4O/c1-19-15-27(28(29)33)30-32(19)26-11-5-21(6-12-26)16-20-3-7-22(8-4-20)23-9-10-25-18-31(2)14-13-24(25)17-23/h3-12,15,17H,13-14,16,18H2,1-2H3,(H2,29,33). The number of amides is 1. The van der Waals surface area contributed by atoms with Crippen molar-refractivity contribution in [1.29, 1.82) is 0 Å². The van der Waals surface area contributed by atoms with Crippen LogP contribution in [0.4, 0.5) is 0 Å². The zero-order valence-corrected chi connectivity index (χ0v) is 19.1. The average Bonchev–Trinajstić information content (AvgIpc) is 3.22. The van der Waals surface area contributed by atoms with E-state index < -0.39 is 5.91 Å². The fourth-order valence-corrected chi connectivity index (χ4v) is 4.54. The van der Waals surface area contributed by atoms with Crippen molar-refractivity contribution >= 4 is 5.91 Å². The van der Waals surface area contributed by atoms with Crippen molar-refractivity contribution in [3.63, 3.8) is 0 Å². The van der Waals surface area contributed by atoms with Gasteiger partial charge < -0.3 is 10.6 Å². The maximum Gasteiger partial charge on any atom is 0.269 e. The molecule has 1 aliphatic heterocycles. The summed E-state index contributed by atoms with van der Waals surface area (Å²) < 4.78 is 1.75. The Morgan fingerprint density at radius 3 is 2.24 bits per heavy atom. The lowest BCUT2D eigenvalue weighted by atomic mass is 9.94. The number of primary amides is 1. The van der Waals surface area contributed by atoms with Gasteiger partial charge >= 0.3 is 0 Å². The van der Waals surface area contributed by atoms with E-state index in [1.807, 2.05) is 19.1 Å². The molecule has 0 aliphatic carbocycles. The second-order valence-electron chi connectivity index (χ2n) is 8.96. The van der Waals surface area contributed by atoms with Gasteiger partial charge in [0.25, 0.3) is 5.91 Å². The Balaban J connectivity index is 1.29. The Labute approximate surface area is 194 Å². The van der Waals surface area contributed by atoms with Crippen molar-refractivity contribution in [3.8, 4) is 16.8 Å². The van der Waals surface area contributed by atoms with Crippen molar-refractivity contribution in [2.45, 2.75) is 26.3 Å². The molecular formula is C28H28N4O. The number of aromatic nitrogens is 2. The molecule has 2 N–H and O–H groups in total. The molecule has 33 heavy (non-hydrogen) atoms. The molecule has 2 heterocycles. The molecule has 3 aromatic carbocycles. The number of carbonyl (C=O) groups is 1. The predicted octanol–water partition coefficient (Wildman–Crippen LogP) is 4.53. The Kier molecular flexibility index (Phi) is 5.56. The molecule has 5 heteroatoms. The van der Waals surface area contributed by atoms with Gasteiger partial charge in [0, 0.05) is 18.8 Å². The van der Waals surface area contributed by atoms with E-state index in [0.29, 0.717) is 0 Å². The Bertz CT molecular complexity index is 1300. The summed E-state index contributed by atoms with van der Waals surface area (Å²) in [4.78, 5) is 13.8. The van der Waals surface area contributed by atoms with Crippen LogP contribution in [0.1, 0.15) is 38.4 Å². The highest BCUT2D eigenvalue weighted by molar-refractivity contribution is 5.90. The second kappa shape index (κ2) is 8.68. The van der Waals surface area contributed by atoms with Crippen LogP contribution >= 0.6 is 0 Å². The molecule has 5 rings (SSSR count). The first-order chi connectivity index (χ1) is 16.0. The maximum atomic E-state index is 11.4. The van der Waals surface area contributed by atoms with Gasteiger partial charge in [0.05, 0.1) is 5.69 Å².